The number of hydrogen-bond acceptors (Lipinski definition) is 6. The van der Waals surface area contributed by atoms with E-state index in [1.165, 1.54) is 10.7 Å². The molecule has 1 aromatic carbocycles. The average Bonchev–Trinajstić information content (AvgIpc) is 3.53. The first-order chi connectivity index (χ1) is 15.5. The van der Waals surface area contributed by atoms with E-state index in [2.05, 4.69) is 20.1 Å². The zero-order chi connectivity index (χ0) is 22.2. The van der Waals surface area contributed by atoms with Crippen molar-refractivity contribution in [2.45, 2.75) is 45.4 Å². The highest BCUT2D eigenvalue weighted by atomic mass is 19.1. The van der Waals surface area contributed by atoms with Gasteiger partial charge < -0.3 is 14.3 Å². The lowest BCUT2D eigenvalue weighted by molar-refractivity contribution is -0.127. The van der Waals surface area contributed by atoms with E-state index in [0.717, 1.165) is 63.1 Å². The van der Waals surface area contributed by atoms with E-state index in [4.69, 9.17) is 4.52 Å². The van der Waals surface area contributed by atoms with Crippen LogP contribution in [0.5, 0.6) is 0 Å². The minimum atomic E-state index is -0.343. The quantitative estimate of drug-likeness (QED) is 0.606. The molecule has 0 bridgehead atoms. The van der Waals surface area contributed by atoms with Crippen LogP contribution >= 0.6 is 0 Å². The van der Waals surface area contributed by atoms with Crippen molar-refractivity contribution in [1.82, 2.24) is 29.7 Å². The maximum Gasteiger partial charge on any atom is 0.291 e. The van der Waals surface area contributed by atoms with E-state index in [1.54, 1.807) is 13.0 Å². The highest BCUT2D eigenvalue weighted by Crippen LogP contribution is 2.30. The Balaban J connectivity index is 1.25. The van der Waals surface area contributed by atoms with Gasteiger partial charge in [0.05, 0.1) is 5.69 Å². The number of fused-ring (bicyclic) bond motifs is 1. The van der Waals surface area contributed by atoms with Crippen LogP contribution in [0.15, 0.2) is 22.7 Å². The number of rotatable bonds is 5. The Morgan fingerprint density at radius 2 is 2.03 bits per heavy atom. The zero-order valence-electron chi connectivity index (χ0n) is 18.6. The van der Waals surface area contributed by atoms with E-state index in [-0.39, 0.29) is 23.6 Å². The summed E-state index contributed by atoms with van der Waals surface area (Å²) in [7, 11) is 0. The molecule has 0 spiro atoms. The Labute approximate surface area is 186 Å². The lowest BCUT2D eigenvalue weighted by Gasteiger charge is -2.32. The van der Waals surface area contributed by atoms with Gasteiger partial charge in [0.25, 0.3) is 5.95 Å². The Morgan fingerprint density at radius 3 is 2.75 bits per heavy atom. The normalized spacial score (nSPS) is 20.5. The first-order valence-electron chi connectivity index (χ1n) is 11.5. The van der Waals surface area contributed by atoms with Crippen LogP contribution in [0.2, 0.25) is 0 Å². The molecule has 8 nitrogen and oxygen atoms in total. The summed E-state index contributed by atoms with van der Waals surface area (Å²) in [6.07, 6.45) is 3.67. The Bertz CT molecular complexity index is 1120. The number of aryl methyl sites for hydroxylation is 1. The third-order valence-corrected chi connectivity index (χ3v) is 6.87. The molecule has 2 saturated heterocycles. The molecule has 2 aliphatic rings. The first-order valence-corrected chi connectivity index (χ1v) is 11.5. The first kappa shape index (κ1) is 21.1. The summed E-state index contributed by atoms with van der Waals surface area (Å²) < 4.78 is 21.6. The molecule has 2 aromatic heterocycles. The number of amides is 1. The molecule has 2 aliphatic heterocycles. The van der Waals surface area contributed by atoms with Gasteiger partial charge in [-0.3, -0.25) is 4.79 Å². The monoisotopic (exact) mass is 440 g/mol. The topological polar surface area (TPSA) is 80.3 Å². The second-order valence-corrected chi connectivity index (χ2v) is 8.98. The summed E-state index contributed by atoms with van der Waals surface area (Å²) in [5, 5.41) is 9.44. The van der Waals surface area contributed by atoms with Crippen LogP contribution in [-0.4, -0.2) is 68.4 Å². The Morgan fingerprint density at radius 1 is 1.22 bits per heavy atom. The number of nitrogens with zero attached hydrogens (tertiary/aromatic N) is 6. The average molecular weight is 441 g/mol. The molecule has 0 saturated carbocycles. The summed E-state index contributed by atoms with van der Waals surface area (Å²) in [4.78, 5) is 20.6. The summed E-state index contributed by atoms with van der Waals surface area (Å²) in [5.74, 6) is 1.47. The molecule has 0 aliphatic carbocycles. The van der Waals surface area contributed by atoms with Gasteiger partial charge in [0, 0.05) is 37.9 Å². The largest absolute Gasteiger partial charge is 0.343 e. The molecule has 9 heteroatoms. The second-order valence-electron chi connectivity index (χ2n) is 8.98. The minimum absolute atomic E-state index is 0.175. The van der Waals surface area contributed by atoms with Crippen molar-refractivity contribution in [1.29, 1.82) is 0 Å². The number of halogens is 1. The van der Waals surface area contributed by atoms with Crippen LogP contribution in [0.4, 0.5) is 4.39 Å². The number of benzene rings is 1. The molecule has 1 unspecified atom stereocenters. The number of carbonyl (C=O) groups is 1. The zero-order valence-corrected chi connectivity index (χ0v) is 18.6. The molecule has 1 amide bonds. The SMILES string of the molecule is CCc1nn(-c2noc(C3CCN(CC4CCN(C(C)=O)C4)CC3)n2)c2c(F)cccc12. The number of piperidine rings is 1. The lowest BCUT2D eigenvalue weighted by Crippen LogP contribution is -2.37. The lowest BCUT2D eigenvalue weighted by atomic mass is 9.95. The minimum Gasteiger partial charge on any atom is -0.343 e. The van der Waals surface area contributed by atoms with Crippen LogP contribution in [0, 0.1) is 11.7 Å². The van der Waals surface area contributed by atoms with E-state index >= 15 is 0 Å². The predicted molar refractivity (Wildman–Crippen MR) is 117 cm³/mol. The second kappa shape index (κ2) is 8.61. The number of para-hydroxylation sites is 1. The Kier molecular flexibility index (Phi) is 5.67. The number of aromatic nitrogens is 4. The maximum absolute atomic E-state index is 14.5. The third kappa shape index (κ3) is 3.90. The predicted octanol–water partition coefficient (Wildman–Crippen LogP) is 3.16. The fraction of sp³-hybridized carbons (Fsp3) is 0.565. The fourth-order valence-corrected chi connectivity index (χ4v) is 5.07. The summed E-state index contributed by atoms with van der Waals surface area (Å²) >= 11 is 0. The van der Waals surface area contributed by atoms with Crippen molar-refractivity contribution in [2.75, 3.05) is 32.7 Å². The molecule has 0 N–H and O–H groups in total. The van der Waals surface area contributed by atoms with E-state index < -0.39 is 0 Å². The van der Waals surface area contributed by atoms with Crippen molar-refractivity contribution >= 4 is 16.8 Å². The molecular weight excluding hydrogens is 411 g/mol. The van der Waals surface area contributed by atoms with Crippen LogP contribution in [0.1, 0.15) is 50.6 Å². The summed E-state index contributed by atoms with van der Waals surface area (Å²) in [6, 6.07) is 5.00. The molecular formula is C23H29FN6O2. The Hall–Kier alpha value is -2.81. The van der Waals surface area contributed by atoms with Crippen LogP contribution < -0.4 is 0 Å². The molecule has 5 rings (SSSR count). The van der Waals surface area contributed by atoms with E-state index in [9.17, 15) is 9.18 Å². The van der Waals surface area contributed by atoms with Crippen molar-refractivity contribution in [3.05, 3.63) is 35.6 Å². The standard InChI is InChI=1S/C23H29FN6O2/c1-3-20-18-5-4-6-19(24)21(18)30(26-20)23-25-22(32-27-23)17-8-10-28(11-9-17)13-16-7-12-29(14-16)15(2)31/h4-6,16-17H,3,7-14H2,1-2H3. The molecule has 2 fully saturated rings. The third-order valence-electron chi connectivity index (χ3n) is 6.87. The molecule has 4 heterocycles. The highest BCUT2D eigenvalue weighted by Gasteiger charge is 2.30. The van der Waals surface area contributed by atoms with Crippen molar-refractivity contribution < 1.29 is 13.7 Å². The van der Waals surface area contributed by atoms with Crippen molar-refractivity contribution in [3.8, 4) is 5.95 Å². The molecule has 0 radical (unpaired) electrons. The van der Waals surface area contributed by atoms with E-state index in [1.807, 2.05) is 17.9 Å². The van der Waals surface area contributed by atoms with Crippen LogP contribution in [0.3, 0.4) is 0 Å². The van der Waals surface area contributed by atoms with Gasteiger partial charge >= 0.3 is 0 Å². The van der Waals surface area contributed by atoms with Gasteiger partial charge in [-0.1, -0.05) is 19.1 Å². The van der Waals surface area contributed by atoms with Crippen LogP contribution in [0.25, 0.3) is 16.9 Å². The number of hydrogen-bond donors (Lipinski definition) is 0. The number of likely N-dealkylation sites (tertiary alicyclic amines) is 2. The highest BCUT2D eigenvalue weighted by molar-refractivity contribution is 5.83. The van der Waals surface area contributed by atoms with Gasteiger partial charge in [0.15, 0.2) is 0 Å². The number of carbonyl (C=O) groups excluding carboxylic acids is 1. The maximum atomic E-state index is 14.5. The molecule has 1 atom stereocenters. The van der Waals surface area contributed by atoms with Crippen molar-refractivity contribution in [3.63, 3.8) is 0 Å². The van der Waals surface area contributed by atoms with Gasteiger partial charge in [-0.05, 0) is 55.9 Å². The van der Waals surface area contributed by atoms with Gasteiger partial charge in [-0.15, -0.1) is 0 Å². The van der Waals surface area contributed by atoms with Gasteiger partial charge in [0.2, 0.25) is 11.8 Å². The summed E-state index contributed by atoms with van der Waals surface area (Å²) in [5.41, 5.74) is 1.21. The van der Waals surface area contributed by atoms with E-state index in [0.29, 0.717) is 23.7 Å². The van der Waals surface area contributed by atoms with Gasteiger partial charge in [0.1, 0.15) is 11.3 Å². The summed E-state index contributed by atoms with van der Waals surface area (Å²) in [6.45, 7) is 8.37. The molecule has 3 aromatic rings. The molecule has 32 heavy (non-hydrogen) atoms. The smallest absolute Gasteiger partial charge is 0.291 e. The van der Waals surface area contributed by atoms with Crippen LogP contribution in [-0.2, 0) is 11.2 Å². The van der Waals surface area contributed by atoms with Crippen molar-refractivity contribution in [2.24, 2.45) is 5.92 Å². The van der Waals surface area contributed by atoms with Gasteiger partial charge in [-0.25, -0.2) is 4.39 Å². The van der Waals surface area contributed by atoms with Gasteiger partial charge in [-0.2, -0.15) is 14.8 Å². The fourth-order valence-electron chi connectivity index (χ4n) is 5.07. The molecule has 170 valence electrons.